The first-order valence-electron chi connectivity index (χ1n) is 14.8. The number of carbonyl (C=O) groups is 4. The van der Waals surface area contributed by atoms with E-state index in [9.17, 15) is 29.4 Å². The van der Waals surface area contributed by atoms with Gasteiger partial charge in [-0.15, -0.1) is 0 Å². The molecule has 4 bridgehead atoms. The van der Waals surface area contributed by atoms with Gasteiger partial charge in [-0.1, -0.05) is 0 Å². The number of nitrogens with zero attached hydrogens (tertiary/aromatic N) is 4. The van der Waals surface area contributed by atoms with E-state index in [2.05, 4.69) is 22.8 Å². The van der Waals surface area contributed by atoms with Crippen molar-refractivity contribution in [2.75, 3.05) is 37.9 Å². The van der Waals surface area contributed by atoms with Crippen molar-refractivity contribution in [2.24, 2.45) is 0 Å². The first kappa shape index (κ1) is 26.6. The summed E-state index contributed by atoms with van der Waals surface area (Å²) in [5.74, 6) is -0.627. The molecule has 14 heteroatoms. The summed E-state index contributed by atoms with van der Waals surface area (Å²) in [6.45, 7) is -0.767. The molecule has 8 aliphatic heterocycles. The summed E-state index contributed by atoms with van der Waals surface area (Å²) in [4.78, 5) is 64.3. The number of aliphatic hydroxyl groups is 2. The van der Waals surface area contributed by atoms with E-state index in [-0.39, 0.29) is 36.8 Å². The number of amides is 4. The molecule has 0 saturated carbocycles. The second kappa shape index (κ2) is 7.52. The summed E-state index contributed by atoms with van der Waals surface area (Å²) in [6, 6.07) is 16.0. The van der Waals surface area contributed by atoms with Gasteiger partial charge < -0.3 is 0 Å². The first-order valence-corrected chi connectivity index (χ1v) is 20.5. The second-order valence-corrected chi connectivity index (χ2v) is 24.4. The van der Waals surface area contributed by atoms with Crippen LogP contribution >= 0.6 is 0 Å². The Bertz CT molecular complexity index is 1700. The fourth-order valence-corrected chi connectivity index (χ4v) is 23.6. The Morgan fingerprint density at radius 2 is 1.07 bits per heavy atom. The Morgan fingerprint density at radius 1 is 0.682 bits per heavy atom. The van der Waals surface area contributed by atoms with Gasteiger partial charge in [-0.25, -0.2) is 0 Å². The molecular weight excluding hydrogens is 778 g/mol. The third-order valence-electron chi connectivity index (χ3n) is 12.4. The van der Waals surface area contributed by atoms with Crippen LogP contribution in [-0.4, -0.2) is 150 Å². The van der Waals surface area contributed by atoms with Crippen molar-refractivity contribution in [3.8, 4) is 0 Å². The molecule has 4 N–H and O–H groups in total. The van der Waals surface area contributed by atoms with E-state index in [1.165, 1.54) is 9.80 Å². The van der Waals surface area contributed by atoms with Gasteiger partial charge in [0.15, 0.2) is 0 Å². The number of likely N-dealkylation sites (N-methyl/N-ethyl adjacent to an activating group) is 2. The summed E-state index contributed by atoms with van der Waals surface area (Å²) in [5, 5.41) is 28.6. The zero-order valence-corrected chi connectivity index (χ0v) is 29.6. The molecule has 2 spiro atoms. The molecule has 4 radical (unpaired) electrons. The van der Waals surface area contributed by atoms with Crippen LogP contribution in [0.25, 0.3) is 0 Å². The van der Waals surface area contributed by atoms with Crippen LogP contribution in [0, 0.1) is 0 Å². The van der Waals surface area contributed by atoms with E-state index in [1.807, 2.05) is 36.4 Å². The minimum absolute atomic E-state index is 0.113. The van der Waals surface area contributed by atoms with Gasteiger partial charge in [-0.05, 0) is 0 Å². The van der Waals surface area contributed by atoms with Crippen molar-refractivity contribution in [2.45, 2.75) is 50.2 Å². The van der Waals surface area contributed by atoms with E-state index < -0.39 is 79.7 Å². The molecule has 8 heterocycles. The fourth-order valence-electron chi connectivity index (χ4n) is 10.7. The second-order valence-electron chi connectivity index (χ2n) is 13.6. The summed E-state index contributed by atoms with van der Waals surface area (Å²) in [6.07, 6.45) is -0.489. The minimum atomic E-state index is -1.94. The first-order chi connectivity index (χ1) is 21.1. The van der Waals surface area contributed by atoms with Crippen LogP contribution < -0.4 is 10.6 Å². The standard InChI is InChI=1S/C30H28N6O6.2Sn/c1-33-21(13-37)25(41)35-19(23(33)39)11-29(15-7-3-5-9-17(15)31-27(29)35)30-12-20-24(40)34(2)22(14-38)26(42)36(20)28(30)32-18-10-6-4-8-16(18)30;;/h3-10,27-28,31-32,37-38H,11-14H2,1-2H3;;/t27?,28?,29-,30-;;/m0../s1. The Kier molecular flexibility index (Phi) is 4.55. The van der Waals surface area contributed by atoms with Crippen molar-refractivity contribution < 1.29 is 29.4 Å². The molecule has 44 heavy (non-hydrogen) atoms. The predicted octanol–water partition coefficient (Wildman–Crippen LogP) is -2.02. The van der Waals surface area contributed by atoms with Gasteiger partial charge in [0, 0.05) is 0 Å². The van der Waals surface area contributed by atoms with E-state index in [0.29, 0.717) is 12.8 Å². The number of carbonyl (C=O) groups excluding carboxylic acids is 4. The van der Waals surface area contributed by atoms with Gasteiger partial charge in [0.2, 0.25) is 0 Å². The summed E-state index contributed by atoms with van der Waals surface area (Å²) in [5.41, 5.74) is 2.00. The SMILES string of the molecule is CN1C(=O)[C@@]23C[C@]4([C@]56C[C@@]78[Sn][C@@](CO)(C(=O)N7C5Nc5ccccc56)N(C)C8=O)c5ccccc5NC4N2C(=O)[C@]1(CO)[Sn]3. The Morgan fingerprint density at radius 3 is 1.45 bits per heavy atom. The van der Waals surface area contributed by atoms with Crippen LogP contribution in [0.4, 0.5) is 11.4 Å². The van der Waals surface area contributed by atoms with Crippen molar-refractivity contribution in [3.63, 3.8) is 0 Å². The van der Waals surface area contributed by atoms with Crippen LogP contribution in [0.3, 0.4) is 0 Å². The molecule has 4 amide bonds. The number of hydrogen-bond acceptors (Lipinski definition) is 8. The molecule has 2 aromatic rings. The van der Waals surface area contributed by atoms with Crippen LogP contribution in [0.2, 0.25) is 0 Å². The van der Waals surface area contributed by atoms with Gasteiger partial charge in [0.25, 0.3) is 0 Å². The number of para-hydroxylation sites is 2. The number of anilines is 2. The monoisotopic (exact) mass is 808 g/mol. The topological polar surface area (TPSA) is 146 Å². The zero-order valence-electron chi connectivity index (χ0n) is 23.9. The number of benzene rings is 2. The molecule has 0 aromatic heterocycles. The van der Waals surface area contributed by atoms with Gasteiger partial charge in [-0.3, -0.25) is 0 Å². The van der Waals surface area contributed by atoms with E-state index in [1.54, 1.807) is 23.9 Å². The molecule has 8 aliphatic rings. The van der Waals surface area contributed by atoms with Gasteiger partial charge in [0.1, 0.15) is 0 Å². The number of nitrogens with one attached hydrogen (secondary N) is 2. The number of aliphatic hydroxyl groups excluding tert-OH is 2. The Hall–Kier alpha value is -2.56. The third-order valence-corrected chi connectivity index (χ3v) is 24.8. The van der Waals surface area contributed by atoms with Crippen molar-refractivity contribution in [1.82, 2.24) is 19.6 Å². The van der Waals surface area contributed by atoms with E-state index in [4.69, 9.17) is 0 Å². The molecule has 2 unspecified atom stereocenters. The molecule has 6 saturated heterocycles. The number of hydrogen-bond donors (Lipinski definition) is 4. The normalized spacial score (nSPS) is 44.6. The average molecular weight is 806 g/mol. The zero-order chi connectivity index (χ0) is 30.4. The molecule has 12 nitrogen and oxygen atoms in total. The van der Waals surface area contributed by atoms with Gasteiger partial charge in [-0.2, -0.15) is 0 Å². The molecular formula is C30H28N6O6Sn2. The average Bonchev–Trinajstić information content (AvgIpc) is 3.85. The fraction of sp³-hybridized carbons (Fsp3) is 0.467. The maximum absolute atomic E-state index is 14.5. The van der Waals surface area contributed by atoms with E-state index >= 15 is 0 Å². The summed E-state index contributed by atoms with van der Waals surface area (Å²) >= 11 is -3.89. The maximum atomic E-state index is 14.5. The van der Waals surface area contributed by atoms with Crippen LogP contribution in [-0.2, 0) is 30.0 Å². The molecule has 222 valence electrons. The molecule has 8 atom stereocenters. The van der Waals surface area contributed by atoms with Crippen LogP contribution in [0.5, 0.6) is 0 Å². The Labute approximate surface area is 272 Å². The number of fused-ring (bicyclic) bond motifs is 11. The predicted molar refractivity (Wildman–Crippen MR) is 156 cm³/mol. The summed E-state index contributed by atoms with van der Waals surface area (Å²) in [7, 11) is 3.30. The molecule has 6 fully saturated rings. The van der Waals surface area contributed by atoms with Crippen LogP contribution in [0.15, 0.2) is 48.5 Å². The van der Waals surface area contributed by atoms with Crippen LogP contribution in [0.1, 0.15) is 24.0 Å². The third kappa shape index (κ3) is 2.21. The quantitative estimate of drug-likeness (QED) is 0.261. The molecule has 0 aliphatic carbocycles. The molecule has 10 rings (SSSR count). The molecule has 2 aromatic carbocycles. The summed E-state index contributed by atoms with van der Waals surface area (Å²) < 4.78 is -4.31. The van der Waals surface area contributed by atoms with Crippen molar-refractivity contribution in [3.05, 3.63) is 59.7 Å². The van der Waals surface area contributed by atoms with Gasteiger partial charge >= 0.3 is 274 Å². The number of piperazine rings is 2. The Balaban J connectivity index is 1.28. The van der Waals surface area contributed by atoms with Gasteiger partial charge in [0.05, 0.1) is 0 Å². The van der Waals surface area contributed by atoms with Crippen molar-refractivity contribution in [1.29, 1.82) is 0 Å². The van der Waals surface area contributed by atoms with E-state index in [0.717, 1.165) is 22.5 Å². The van der Waals surface area contributed by atoms with Crippen molar-refractivity contribution >= 4 is 77.3 Å². The number of rotatable bonds is 3.